The number of nitrogens with one attached hydrogen (secondary N) is 1. The molecule has 0 aliphatic heterocycles. The van der Waals surface area contributed by atoms with Gasteiger partial charge >= 0.3 is 0 Å². The molecule has 1 atom stereocenters. The molecule has 1 unspecified atom stereocenters. The topological polar surface area (TPSA) is 42.2 Å². The molecular weight excluding hydrogens is 246 g/mol. The van der Waals surface area contributed by atoms with Crippen molar-refractivity contribution in [1.82, 2.24) is 5.32 Å². The van der Waals surface area contributed by atoms with Crippen LogP contribution in [0.1, 0.15) is 23.0 Å². The molecule has 0 radical (unpaired) electrons. The molecule has 3 nitrogen and oxygen atoms in total. The number of carbonyl (C=O) groups is 1. The average Bonchev–Trinajstić information content (AvgIpc) is 2.82. The maximum atomic E-state index is 11.9. The van der Waals surface area contributed by atoms with E-state index in [4.69, 9.17) is 4.42 Å². The van der Waals surface area contributed by atoms with E-state index >= 15 is 0 Å². The van der Waals surface area contributed by atoms with Crippen molar-refractivity contribution in [1.29, 1.82) is 0 Å². The Morgan fingerprint density at radius 3 is 2.67 bits per heavy atom. The second-order valence-corrected chi connectivity index (χ2v) is 4.72. The smallest absolute Gasteiger partial charge is 0.251 e. The van der Waals surface area contributed by atoms with Crippen LogP contribution in [-0.2, 0) is 6.42 Å². The van der Waals surface area contributed by atoms with E-state index in [1.807, 2.05) is 19.1 Å². The molecule has 0 bridgehead atoms. The van der Waals surface area contributed by atoms with Gasteiger partial charge in [-0.2, -0.15) is 0 Å². The Labute approximate surface area is 112 Å². The van der Waals surface area contributed by atoms with E-state index in [2.05, 4.69) is 17.9 Å². The van der Waals surface area contributed by atoms with Crippen molar-refractivity contribution in [3.8, 4) is 0 Å². The summed E-state index contributed by atoms with van der Waals surface area (Å²) >= 11 is 4.18. The zero-order valence-corrected chi connectivity index (χ0v) is 11.0. The van der Waals surface area contributed by atoms with Crippen molar-refractivity contribution in [3.63, 3.8) is 0 Å². The number of amides is 1. The monoisotopic (exact) mass is 261 g/mol. The molecule has 0 saturated heterocycles. The molecule has 0 fully saturated rings. The molecule has 0 aliphatic rings. The number of carbonyl (C=O) groups excluding carboxylic acids is 1. The Bertz CT molecular complexity index is 505. The summed E-state index contributed by atoms with van der Waals surface area (Å²) < 4.78 is 5.25. The molecule has 0 saturated carbocycles. The van der Waals surface area contributed by atoms with Crippen LogP contribution in [0.5, 0.6) is 0 Å². The molecule has 4 heteroatoms. The van der Waals surface area contributed by atoms with E-state index < -0.39 is 0 Å². The molecule has 2 aromatic rings. The largest absolute Gasteiger partial charge is 0.469 e. The van der Waals surface area contributed by atoms with Crippen LogP contribution in [0.2, 0.25) is 0 Å². The van der Waals surface area contributed by atoms with Gasteiger partial charge in [-0.15, -0.1) is 12.6 Å². The SMILES string of the molecule is CC(Cc1ccco1)NC(=O)c1ccc(S)cc1. The molecule has 1 heterocycles. The molecule has 0 aliphatic carbocycles. The minimum atomic E-state index is -0.0811. The Kier molecular flexibility index (Phi) is 4.10. The Hall–Kier alpha value is -1.68. The van der Waals surface area contributed by atoms with Gasteiger partial charge in [0.15, 0.2) is 0 Å². The fraction of sp³-hybridized carbons (Fsp3) is 0.214. The van der Waals surface area contributed by atoms with Crippen LogP contribution < -0.4 is 5.32 Å². The molecule has 1 N–H and O–H groups in total. The summed E-state index contributed by atoms with van der Waals surface area (Å²) in [5.41, 5.74) is 0.638. The lowest BCUT2D eigenvalue weighted by Crippen LogP contribution is -2.33. The minimum absolute atomic E-state index is 0.0272. The summed E-state index contributed by atoms with van der Waals surface area (Å²) in [7, 11) is 0. The minimum Gasteiger partial charge on any atom is -0.469 e. The standard InChI is InChI=1S/C14H15NO2S/c1-10(9-12-3-2-8-17-12)15-14(16)11-4-6-13(18)7-5-11/h2-8,10,18H,9H2,1H3,(H,15,16). The lowest BCUT2D eigenvalue weighted by Gasteiger charge is -2.12. The highest BCUT2D eigenvalue weighted by Gasteiger charge is 2.11. The van der Waals surface area contributed by atoms with Gasteiger partial charge < -0.3 is 9.73 Å². The van der Waals surface area contributed by atoms with E-state index in [0.29, 0.717) is 12.0 Å². The van der Waals surface area contributed by atoms with E-state index in [0.717, 1.165) is 10.7 Å². The number of rotatable bonds is 4. The number of benzene rings is 1. The summed E-state index contributed by atoms with van der Waals surface area (Å²) in [6.07, 6.45) is 2.32. The second-order valence-electron chi connectivity index (χ2n) is 4.20. The number of furan rings is 1. The molecule has 1 amide bonds. The van der Waals surface area contributed by atoms with Gasteiger partial charge in [0.2, 0.25) is 0 Å². The van der Waals surface area contributed by atoms with E-state index in [1.54, 1.807) is 30.5 Å². The summed E-state index contributed by atoms with van der Waals surface area (Å²) in [6.45, 7) is 1.95. The van der Waals surface area contributed by atoms with Crippen LogP contribution in [0, 0.1) is 0 Å². The molecule has 18 heavy (non-hydrogen) atoms. The second kappa shape index (κ2) is 5.78. The zero-order valence-electron chi connectivity index (χ0n) is 10.1. The maximum absolute atomic E-state index is 11.9. The summed E-state index contributed by atoms with van der Waals surface area (Å²) in [4.78, 5) is 12.8. The third-order valence-corrected chi connectivity index (χ3v) is 2.89. The first-order valence-electron chi connectivity index (χ1n) is 5.77. The van der Waals surface area contributed by atoms with Crippen molar-refractivity contribution < 1.29 is 9.21 Å². The number of hydrogen-bond donors (Lipinski definition) is 2. The Morgan fingerprint density at radius 2 is 2.06 bits per heavy atom. The summed E-state index contributed by atoms with van der Waals surface area (Å²) in [6, 6.07) is 10.9. The highest BCUT2D eigenvalue weighted by atomic mass is 32.1. The van der Waals surface area contributed by atoms with Crippen LogP contribution in [-0.4, -0.2) is 11.9 Å². The van der Waals surface area contributed by atoms with Gasteiger partial charge in [-0.1, -0.05) is 0 Å². The predicted octanol–water partition coefficient (Wildman–Crippen LogP) is 2.93. The number of thiol groups is 1. The lowest BCUT2D eigenvalue weighted by atomic mass is 10.1. The quantitative estimate of drug-likeness (QED) is 0.831. The number of hydrogen-bond acceptors (Lipinski definition) is 3. The van der Waals surface area contributed by atoms with Crippen LogP contribution in [0.15, 0.2) is 52.0 Å². The molecule has 2 rings (SSSR count). The van der Waals surface area contributed by atoms with Crippen LogP contribution in [0.4, 0.5) is 0 Å². The van der Waals surface area contributed by atoms with Crippen LogP contribution in [0.25, 0.3) is 0 Å². The Balaban J connectivity index is 1.92. The van der Waals surface area contributed by atoms with Gasteiger partial charge in [-0.05, 0) is 43.3 Å². The normalized spacial score (nSPS) is 12.1. The highest BCUT2D eigenvalue weighted by molar-refractivity contribution is 7.80. The van der Waals surface area contributed by atoms with Crippen molar-refractivity contribution in [3.05, 3.63) is 54.0 Å². The maximum Gasteiger partial charge on any atom is 0.251 e. The fourth-order valence-electron chi connectivity index (χ4n) is 1.70. The van der Waals surface area contributed by atoms with Gasteiger partial charge in [0, 0.05) is 22.9 Å². The molecule has 1 aromatic heterocycles. The van der Waals surface area contributed by atoms with Gasteiger partial charge in [-0.25, -0.2) is 0 Å². The molecule has 0 spiro atoms. The first-order chi connectivity index (χ1) is 8.65. The van der Waals surface area contributed by atoms with Gasteiger partial charge in [0.05, 0.1) is 6.26 Å². The summed E-state index contributed by atoms with van der Waals surface area (Å²) in [5, 5.41) is 2.93. The lowest BCUT2D eigenvalue weighted by molar-refractivity contribution is 0.0939. The van der Waals surface area contributed by atoms with Crippen LogP contribution in [0.3, 0.4) is 0 Å². The fourth-order valence-corrected chi connectivity index (χ4v) is 1.85. The van der Waals surface area contributed by atoms with Gasteiger partial charge in [0.1, 0.15) is 5.76 Å². The third kappa shape index (κ3) is 3.40. The summed E-state index contributed by atoms with van der Waals surface area (Å²) in [5.74, 6) is 0.788. The molecule has 94 valence electrons. The van der Waals surface area contributed by atoms with Crippen molar-refractivity contribution in [2.45, 2.75) is 24.3 Å². The predicted molar refractivity (Wildman–Crippen MR) is 73.0 cm³/mol. The third-order valence-electron chi connectivity index (χ3n) is 2.59. The van der Waals surface area contributed by atoms with Gasteiger partial charge in [0.25, 0.3) is 5.91 Å². The average molecular weight is 261 g/mol. The first-order valence-corrected chi connectivity index (χ1v) is 6.22. The van der Waals surface area contributed by atoms with Gasteiger partial charge in [-0.3, -0.25) is 4.79 Å². The van der Waals surface area contributed by atoms with E-state index in [1.165, 1.54) is 0 Å². The zero-order chi connectivity index (χ0) is 13.0. The van der Waals surface area contributed by atoms with E-state index in [-0.39, 0.29) is 11.9 Å². The molecule has 1 aromatic carbocycles. The highest BCUT2D eigenvalue weighted by Crippen LogP contribution is 2.09. The Morgan fingerprint density at radius 1 is 1.33 bits per heavy atom. The van der Waals surface area contributed by atoms with Crippen LogP contribution >= 0.6 is 12.6 Å². The first kappa shape index (κ1) is 12.8. The van der Waals surface area contributed by atoms with E-state index in [9.17, 15) is 4.79 Å². The van der Waals surface area contributed by atoms with Crippen molar-refractivity contribution >= 4 is 18.5 Å². The van der Waals surface area contributed by atoms with Crippen molar-refractivity contribution in [2.75, 3.05) is 0 Å². The molecular formula is C14H15NO2S. The van der Waals surface area contributed by atoms with Crippen molar-refractivity contribution in [2.24, 2.45) is 0 Å².